The average Bonchev–Trinajstić information content (AvgIpc) is 3.00. The van der Waals surface area contributed by atoms with E-state index < -0.39 is 0 Å². The van der Waals surface area contributed by atoms with E-state index in [4.69, 9.17) is 0 Å². The van der Waals surface area contributed by atoms with Crippen LogP contribution < -0.4 is 5.32 Å². The Kier molecular flexibility index (Phi) is 2.90. The average molecular weight is 223 g/mol. The molecule has 0 bridgehead atoms. The van der Waals surface area contributed by atoms with E-state index >= 15 is 0 Å². The summed E-state index contributed by atoms with van der Waals surface area (Å²) in [7, 11) is 0. The number of thioether (sulfide) groups is 1. The monoisotopic (exact) mass is 223 g/mol. The fourth-order valence-electron chi connectivity index (χ4n) is 1.24. The molecule has 0 radical (unpaired) electrons. The van der Waals surface area contributed by atoms with Crippen LogP contribution in [0.3, 0.4) is 0 Å². The van der Waals surface area contributed by atoms with Gasteiger partial charge in [-0.3, -0.25) is 4.79 Å². The number of carbonyl (C=O) groups is 1. The van der Waals surface area contributed by atoms with Crippen molar-refractivity contribution in [2.24, 2.45) is 0 Å². The van der Waals surface area contributed by atoms with E-state index in [9.17, 15) is 4.79 Å². The van der Waals surface area contributed by atoms with Crippen molar-refractivity contribution in [3.63, 3.8) is 0 Å². The lowest BCUT2D eigenvalue weighted by atomic mass is 10.3. The van der Waals surface area contributed by atoms with Gasteiger partial charge in [0.15, 0.2) is 5.16 Å². The standard InChI is InChI=1S/C10H13N3OS/c1-6-5-8(13-10(11-6)15-2)9(14)12-7-3-4-7/h5,7H,3-4H2,1-2H3,(H,12,14). The molecule has 1 saturated carbocycles. The Morgan fingerprint density at radius 1 is 1.53 bits per heavy atom. The quantitative estimate of drug-likeness (QED) is 0.621. The fourth-order valence-corrected chi connectivity index (χ4v) is 1.66. The Labute approximate surface area is 92.9 Å². The van der Waals surface area contributed by atoms with E-state index in [-0.39, 0.29) is 5.91 Å². The molecule has 1 aliphatic carbocycles. The van der Waals surface area contributed by atoms with Gasteiger partial charge >= 0.3 is 0 Å². The molecule has 80 valence electrons. The van der Waals surface area contributed by atoms with Crippen molar-refractivity contribution in [3.05, 3.63) is 17.5 Å². The fraction of sp³-hybridized carbons (Fsp3) is 0.500. The normalized spacial score (nSPS) is 15.1. The second kappa shape index (κ2) is 4.18. The molecule has 1 aliphatic rings. The molecule has 1 N–H and O–H groups in total. The molecule has 1 aromatic heterocycles. The van der Waals surface area contributed by atoms with Gasteiger partial charge in [-0.05, 0) is 32.1 Å². The van der Waals surface area contributed by atoms with E-state index in [1.54, 1.807) is 6.07 Å². The zero-order valence-corrected chi connectivity index (χ0v) is 9.60. The summed E-state index contributed by atoms with van der Waals surface area (Å²) < 4.78 is 0. The van der Waals surface area contributed by atoms with Crippen molar-refractivity contribution < 1.29 is 4.79 Å². The highest BCUT2D eigenvalue weighted by Crippen LogP contribution is 2.19. The predicted molar refractivity (Wildman–Crippen MR) is 59.0 cm³/mol. The lowest BCUT2D eigenvalue weighted by Crippen LogP contribution is -2.26. The van der Waals surface area contributed by atoms with Crippen LogP contribution in [0.1, 0.15) is 29.0 Å². The summed E-state index contributed by atoms with van der Waals surface area (Å²) in [5.41, 5.74) is 1.30. The third-order valence-corrected chi connectivity index (χ3v) is 2.71. The summed E-state index contributed by atoms with van der Waals surface area (Å²) in [6.07, 6.45) is 4.08. The number of hydrogen-bond acceptors (Lipinski definition) is 4. The summed E-state index contributed by atoms with van der Waals surface area (Å²) in [5, 5.41) is 3.56. The summed E-state index contributed by atoms with van der Waals surface area (Å²) >= 11 is 1.45. The molecular weight excluding hydrogens is 210 g/mol. The van der Waals surface area contributed by atoms with Gasteiger partial charge in [0, 0.05) is 11.7 Å². The van der Waals surface area contributed by atoms with Gasteiger partial charge in [-0.15, -0.1) is 0 Å². The van der Waals surface area contributed by atoms with Crippen molar-refractivity contribution in [2.45, 2.75) is 31.0 Å². The van der Waals surface area contributed by atoms with Crippen LogP contribution >= 0.6 is 11.8 Å². The molecule has 1 fully saturated rings. The molecule has 0 aromatic carbocycles. The van der Waals surface area contributed by atoms with Crippen molar-refractivity contribution in [1.29, 1.82) is 0 Å². The highest BCUT2D eigenvalue weighted by Gasteiger charge is 2.24. The first kappa shape index (κ1) is 10.4. The van der Waals surface area contributed by atoms with E-state index in [1.807, 2.05) is 13.2 Å². The minimum Gasteiger partial charge on any atom is -0.348 e. The van der Waals surface area contributed by atoms with Crippen molar-refractivity contribution >= 4 is 17.7 Å². The van der Waals surface area contributed by atoms with Crippen LogP contribution in [0.15, 0.2) is 11.2 Å². The van der Waals surface area contributed by atoms with Gasteiger partial charge in [-0.1, -0.05) is 11.8 Å². The molecule has 0 unspecified atom stereocenters. The maximum absolute atomic E-state index is 11.7. The first-order valence-electron chi connectivity index (χ1n) is 4.89. The van der Waals surface area contributed by atoms with Crippen LogP contribution in [0.5, 0.6) is 0 Å². The largest absolute Gasteiger partial charge is 0.348 e. The number of hydrogen-bond donors (Lipinski definition) is 1. The van der Waals surface area contributed by atoms with Gasteiger partial charge in [0.1, 0.15) is 5.69 Å². The molecule has 1 amide bonds. The number of rotatable bonds is 3. The molecule has 0 saturated heterocycles. The summed E-state index contributed by atoms with van der Waals surface area (Å²) in [4.78, 5) is 20.1. The van der Waals surface area contributed by atoms with E-state index in [0.717, 1.165) is 18.5 Å². The minimum atomic E-state index is -0.0849. The van der Waals surface area contributed by atoms with Crippen LogP contribution in [-0.4, -0.2) is 28.2 Å². The van der Waals surface area contributed by atoms with Crippen LogP contribution in [0.4, 0.5) is 0 Å². The van der Waals surface area contributed by atoms with Gasteiger partial charge in [-0.25, -0.2) is 9.97 Å². The Morgan fingerprint density at radius 2 is 2.27 bits per heavy atom. The Balaban J connectivity index is 2.17. The SMILES string of the molecule is CSc1nc(C)cc(C(=O)NC2CC2)n1. The lowest BCUT2D eigenvalue weighted by molar-refractivity contribution is 0.0945. The topological polar surface area (TPSA) is 54.9 Å². The molecule has 15 heavy (non-hydrogen) atoms. The zero-order chi connectivity index (χ0) is 10.8. The molecule has 4 nitrogen and oxygen atoms in total. The Morgan fingerprint density at radius 3 is 2.87 bits per heavy atom. The number of aryl methyl sites for hydroxylation is 1. The van der Waals surface area contributed by atoms with Gasteiger partial charge < -0.3 is 5.32 Å². The Bertz CT molecular complexity index is 390. The van der Waals surface area contributed by atoms with E-state index in [0.29, 0.717) is 16.9 Å². The molecule has 2 rings (SSSR count). The summed E-state index contributed by atoms with van der Waals surface area (Å²) in [5.74, 6) is -0.0849. The molecule has 0 atom stereocenters. The van der Waals surface area contributed by atoms with E-state index in [2.05, 4.69) is 15.3 Å². The number of aromatic nitrogens is 2. The van der Waals surface area contributed by atoms with Crippen molar-refractivity contribution in [3.8, 4) is 0 Å². The predicted octanol–water partition coefficient (Wildman–Crippen LogP) is 1.40. The van der Waals surface area contributed by atoms with Crippen molar-refractivity contribution in [2.75, 3.05) is 6.26 Å². The van der Waals surface area contributed by atoms with Crippen molar-refractivity contribution in [1.82, 2.24) is 15.3 Å². The smallest absolute Gasteiger partial charge is 0.270 e. The zero-order valence-electron chi connectivity index (χ0n) is 8.78. The maximum atomic E-state index is 11.7. The molecular formula is C10H13N3OS. The van der Waals surface area contributed by atoms with Crippen LogP contribution in [0.25, 0.3) is 0 Å². The lowest BCUT2D eigenvalue weighted by Gasteiger charge is -2.04. The van der Waals surface area contributed by atoms with Crippen LogP contribution in [0.2, 0.25) is 0 Å². The number of amides is 1. The minimum absolute atomic E-state index is 0.0849. The second-order valence-corrected chi connectivity index (χ2v) is 4.40. The number of nitrogens with one attached hydrogen (secondary N) is 1. The molecule has 0 aliphatic heterocycles. The van der Waals surface area contributed by atoms with Gasteiger partial charge in [0.25, 0.3) is 5.91 Å². The first-order chi connectivity index (χ1) is 7.19. The van der Waals surface area contributed by atoms with Crippen LogP contribution in [-0.2, 0) is 0 Å². The Hall–Kier alpha value is -1.10. The first-order valence-corrected chi connectivity index (χ1v) is 6.12. The third kappa shape index (κ3) is 2.68. The summed E-state index contributed by atoms with van der Waals surface area (Å²) in [6.45, 7) is 1.87. The number of carbonyl (C=O) groups excluding carboxylic acids is 1. The maximum Gasteiger partial charge on any atom is 0.270 e. The third-order valence-electron chi connectivity index (χ3n) is 2.16. The highest BCUT2D eigenvalue weighted by molar-refractivity contribution is 7.98. The highest BCUT2D eigenvalue weighted by atomic mass is 32.2. The van der Waals surface area contributed by atoms with Gasteiger partial charge in [0.05, 0.1) is 0 Å². The summed E-state index contributed by atoms with van der Waals surface area (Å²) in [6, 6.07) is 2.09. The molecule has 1 aromatic rings. The molecule has 5 heteroatoms. The molecule has 1 heterocycles. The number of nitrogens with zero attached hydrogens (tertiary/aromatic N) is 2. The van der Waals surface area contributed by atoms with Crippen LogP contribution in [0, 0.1) is 6.92 Å². The second-order valence-electron chi connectivity index (χ2n) is 3.63. The van der Waals surface area contributed by atoms with Gasteiger partial charge in [0.2, 0.25) is 0 Å². The molecule has 0 spiro atoms. The van der Waals surface area contributed by atoms with E-state index in [1.165, 1.54) is 11.8 Å². The van der Waals surface area contributed by atoms with Gasteiger partial charge in [-0.2, -0.15) is 0 Å².